The molecule has 3 nitrogen and oxygen atoms in total. The van der Waals surface area contributed by atoms with Crippen molar-refractivity contribution in [2.45, 2.75) is 44.8 Å². The minimum atomic E-state index is -0.170. The maximum atomic E-state index is 13.3. The summed E-state index contributed by atoms with van der Waals surface area (Å²) < 4.78 is 19.2. The van der Waals surface area contributed by atoms with E-state index in [1.165, 1.54) is 25.3 Å². The van der Waals surface area contributed by atoms with Gasteiger partial charge in [0.2, 0.25) is 0 Å². The van der Waals surface area contributed by atoms with Crippen LogP contribution < -0.4 is 10.1 Å². The molecule has 2 heterocycles. The highest BCUT2D eigenvalue weighted by Gasteiger charge is 2.26. The van der Waals surface area contributed by atoms with E-state index in [1.54, 1.807) is 12.1 Å². The van der Waals surface area contributed by atoms with Crippen LogP contribution in [-0.2, 0) is 6.42 Å². The molecule has 3 rings (SSSR count). The van der Waals surface area contributed by atoms with Crippen molar-refractivity contribution in [1.29, 1.82) is 0 Å². The number of ether oxygens (including phenoxy) is 1. The third kappa shape index (κ3) is 3.74. The summed E-state index contributed by atoms with van der Waals surface area (Å²) in [7, 11) is 0. The van der Waals surface area contributed by atoms with Crippen LogP contribution in [0.25, 0.3) is 0 Å². The Labute approximate surface area is 126 Å². The molecule has 1 fully saturated rings. The van der Waals surface area contributed by atoms with Crippen molar-refractivity contribution in [2.75, 3.05) is 26.2 Å². The number of benzene rings is 1. The van der Waals surface area contributed by atoms with Gasteiger partial charge in [0.15, 0.2) is 0 Å². The van der Waals surface area contributed by atoms with Crippen molar-refractivity contribution in [3.8, 4) is 5.75 Å². The molecule has 0 saturated carbocycles. The first-order valence-corrected chi connectivity index (χ1v) is 8.15. The minimum absolute atomic E-state index is 0.158. The van der Waals surface area contributed by atoms with Gasteiger partial charge < -0.3 is 10.1 Å². The molecule has 2 aliphatic heterocycles. The van der Waals surface area contributed by atoms with Gasteiger partial charge in [-0.1, -0.05) is 13.3 Å². The molecule has 4 heteroatoms. The van der Waals surface area contributed by atoms with Crippen LogP contribution in [-0.4, -0.2) is 43.2 Å². The van der Waals surface area contributed by atoms with Crippen LogP contribution in [0.1, 0.15) is 31.7 Å². The number of piperidine rings is 1. The summed E-state index contributed by atoms with van der Waals surface area (Å²) in [5.74, 6) is 0.685. The van der Waals surface area contributed by atoms with Crippen molar-refractivity contribution in [3.05, 3.63) is 29.6 Å². The van der Waals surface area contributed by atoms with Crippen molar-refractivity contribution < 1.29 is 9.13 Å². The summed E-state index contributed by atoms with van der Waals surface area (Å²) in [5.41, 5.74) is 1.01. The molecule has 116 valence electrons. The molecule has 0 aliphatic carbocycles. The molecule has 0 spiro atoms. The normalized spacial score (nSPS) is 24.9. The van der Waals surface area contributed by atoms with E-state index in [-0.39, 0.29) is 11.9 Å². The number of hydrogen-bond donors (Lipinski definition) is 1. The zero-order chi connectivity index (χ0) is 14.7. The molecule has 1 N–H and O–H groups in total. The van der Waals surface area contributed by atoms with Crippen molar-refractivity contribution in [1.82, 2.24) is 10.2 Å². The monoisotopic (exact) mass is 292 g/mol. The van der Waals surface area contributed by atoms with Gasteiger partial charge in [0.25, 0.3) is 0 Å². The Morgan fingerprint density at radius 2 is 2.24 bits per heavy atom. The quantitative estimate of drug-likeness (QED) is 0.903. The van der Waals surface area contributed by atoms with Gasteiger partial charge >= 0.3 is 0 Å². The first kappa shape index (κ1) is 14.8. The number of halogens is 1. The fourth-order valence-electron chi connectivity index (χ4n) is 3.40. The second kappa shape index (κ2) is 6.75. The SMILES string of the molecule is CCN(CC1CCCCN1)CC1Cc2cc(F)ccc2O1. The Bertz CT molecular complexity index is 474. The summed E-state index contributed by atoms with van der Waals surface area (Å²) in [5, 5.41) is 3.60. The average molecular weight is 292 g/mol. The molecule has 0 bridgehead atoms. The molecular formula is C17H25FN2O. The molecule has 1 aromatic carbocycles. The third-order valence-electron chi connectivity index (χ3n) is 4.56. The standard InChI is InChI=1S/C17H25FN2O/c1-2-20(11-15-5-3-4-8-19-15)12-16-10-13-9-14(18)6-7-17(13)21-16/h6-7,9,15-16,19H,2-5,8,10-12H2,1H3. The van der Waals surface area contributed by atoms with E-state index in [2.05, 4.69) is 17.1 Å². The van der Waals surface area contributed by atoms with Crippen LogP contribution in [0.3, 0.4) is 0 Å². The topological polar surface area (TPSA) is 24.5 Å². The van der Waals surface area contributed by atoms with E-state index >= 15 is 0 Å². The highest BCUT2D eigenvalue weighted by molar-refractivity contribution is 5.37. The molecule has 2 aliphatic rings. The Hall–Kier alpha value is -1.13. The van der Waals surface area contributed by atoms with Gasteiger partial charge in [-0.15, -0.1) is 0 Å². The van der Waals surface area contributed by atoms with Gasteiger partial charge in [-0.25, -0.2) is 4.39 Å². The zero-order valence-corrected chi connectivity index (χ0v) is 12.8. The van der Waals surface area contributed by atoms with Crippen LogP contribution in [0, 0.1) is 5.82 Å². The lowest BCUT2D eigenvalue weighted by Crippen LogP contribution is -2.46. The highest BCUT2D eigenvalue weighted by Crippen LogP contribution is 2.29. The molecule has 2 unspecified atom stereocenters. The second-order valence-corrected chi connectivity index (χ2v) is 6.20. The molecule has 0 amide bonds. The first-order chi connectivity index (χ1) is 10.2. The Balaban J connectivity index is 1.53. The molecule has 2 atom stereocenters. The first-order valence-electron chi connectivity index (χ1n) is 8.15. The number of rotatable bonds is 5. The third-order valence-corrected chi connectivity index (χ3v) is 4.56. The summed E-state index contributed by atoms with van der Waals surface area (Å²) in [6, 6.07) is 5.45. The van der Waals surface area contributed by atoms with E-state index in [0.717, 1.165) is 43.9 Å². The van der Waals surface area contributed by atoms with Crippen molar-refractivity contribution in [2.24, 2.45) is 0 Å². The van der Waals surface area contributed by atoms with Gasteiger partial charge in [0.05, 0.1) is 0 Å². The maximum absolute atomic E-state index is 13.3. The van der Waals surface area contributed by atoms with Crippen molar-refractivity contribution >= 4 is 0 Å². The lowest BCUT2D eigenvalue weighted by molar-refractivity contribution is 0.141. The summed E-state index contributed by atoms with van der Waals surface area (Å²) in [6.07, 6.45) is 4.88. The number of fused-ring (bicyclic) bond motifs is 1. The van der Waals surface area contributed by atoms with Crippen LogP contribution in [0.2, 0.25) is 0 Å². The predicted molar refractivity (Wildman–Crippen MR) is 82.3 cm³/mol. The fraction of sp³-hybridized carbons (Fsp3) is 0.647. The molecule has 0 aromatic heterocycles. The van der Waals surface area contributed by atoms with E-state index in [4.69, 9.17) is 4.74 Å². The van der Waals surface area contributed by atoms with Gasteiger partial charge in [0.1, 0.15) is 17.7 Å². The maximum Gasteiger partial charge on any atom is 0.123 e. The summed E-state index contributed by atoms with van der Waals surface area (Å²) >= 11 is 0. The van der Waals surface area contributed by atoms with Gasteiger partial charge in [0, 0.05) is 31.1 Å². The Morgan fingerprint density at radius 3 is 3.00 bits per heavy atom. The molecule has 21 heavy (non-hydrogen) atoms. The molecule has 1 aromatic rings. The summed E-state index contributed by atoms with van der Waals surface area (Å²) in [4.78, 5) is 2.45. The Kier molecular flexibility index (Phi) is 4.76. The molecule has 1 saturated heterocycles. The zero-order valence-electron chi connectivity index (χ0n) is 12.8. The van der Waals surface area contributed by atoms with E-state index in [9.17, 15) is 4.39 Å². The highest BCUT2D eigenvalue weighted by atomic mass is 19.1. The average Bonchev–Trinajstić information content (AvgIpc) is 2.89. The number of nitrogens with one attached hydrogen (secondary N) is 1. The number of nitrogens with zero attached hydrogens (tertiary/aromatic N) is 1. The molecular weight excluding hydrogens is 267 g/mol. The molecule has 0 radical (unpaired) electrons. The van der Waals surface area contributed by atoms with Crippen LogP contribution in [0.15, 0.2) is 18.2 Å². The van der Waals surface area contributed by atoms with Crippen LogP contribution in [0.4, 0.5) is 4.39 Å². The largest absolute Gasteiger partial charge is 0.488 e. The number of likely N-dealkylation sites (N-methyl/N-ethyl adjacent to an activating group) is 1. The minimum Gasteiger partial charge on any atom is -0.488 e. The van der Waals surface area contributed by atoms with Gasteiger partial charge in [-0.3, -0.25) is 4.90 Å². The predicted octanol–water partition coefficient (Wildman–Crippen LogP) is 2.59. The fourth-order valence-corrected chi connectivity index (χ4v) is 3.40. The van der Waals surface area contributed by atoms with Gasteiger partial charge in [-0.05, 0) is 44.1 Å². The van der Waals surface area contributed by atoms with E-state index in [0.29, 0.717) is 6.04 Å². The smallest absolute Gasteiger partial charge is 0.123 e. The summed E-state index contributed by atoms with van der Waals surface area (Å²) in [6.45, 7) is 6.38. The lowest BCUT2D eigenvalue weighted by atomic mass is 10.0. The van der Waals surface area contributed by atoms with E-state index < -0.39 is 0 Å². The Morgan fingerprint density at radius 1 is 1.33 bits per heavy atom. The van der Waals surface area contributed by atoms with Crippen LogP contribution >= 0.6 is 0 Å². The van der Waals surface area contributed by atoms with E-state index in [1.807, 2.05) is 0 Å². The van der Waals surface area contributed by atoms with Crippen molar-refractivity contribution in [3.63, 3.8) is 0 Å². The lowest BCUT2D eigenvalue weighted by Gasteiger charge is -2.31. The van der Waals surface area contributed by atoms with Crippen LogP contribution in [0.5, 0.6) is 5.75 Å². The van der Waals surface area contributed by atoms with Gasteiger partial charge in [-0.2, -0.15) is 0 Å². The second-order valence-electron chi connectivity index (χ2n) is 6.20. The number of hydrogen-bond acceptors (Lipinski definition) is 3.